The molecule has 0 bridgehead atoms. The van der Waals surface area contributed by atoms with Gasteiger partial charge in [0, 0.05) is 38.8 Å². The Hall–Kier alpha value is -1.56. The van der Waals surface area contributed by atoms with E-state index in [4.69, 9.17) is 0 Å². The van der Waals surface area contributed by atoms with Gasteiger partial charge < -0.3 is 9.80 Å². The maximum atomic E-state index is 12.6. The van der Waals surface area contributed by atoms with E-state index >= 15 is 0 Å². The van der Waals surface area contributed by atoms with Gasteiger partial charge in [-0.1, -0.05) is 27.7 Å². The molecule has 1 fully saturated rings. The van der Waals surface area contributed by atoms with E-state index in [0.717, 1.165) is 38.4 Å². The highest BCUT2D eigenvalue weighted by Gasteiger charge is 2.30. The van der Waals surface area contributed by atoms with Crippen LogP contribution in [0.25, 0.3) is 0 Å². The van der Waals surface area contributed by atoms with Crippen LogP contribution in [0.3, 0.4) is 0 Å². The van der Waals surface area contributed by atoms with E-state index in [9.17, 15) is 4.79 Å². The molecule has 130 valence electrons. The lowest BCUT2D eigenvalue weighted by Gasteiger charge is -2.40. The van der Waals surface area contributed by atoms with Gasteiger partial charge in [-0.25, -0.2) is 9.48 Å². The molecule has 1 N–H and O–H groups in total. The molecule has 0 spiro atoms. The van der Waals surface area contributed by atoms with Crippen molar-refractivity contribution >= 4 is 11.8 Å². The predicted octanol–water partition coefficient (Wildman–Crippen LogP) is 2.73. The van der Waals surface area contributed by atoms with Crippen molar-refractivity contribution in [1.82, 2.24) is 19.6 Å². The van der Waals surface area contributed by atoms with Crippen LogP contribution in [0.15, 0.2) is 12.3 Å². The average Bonchev–Trinajstić information content (AvgIpc) is 2.92. The summed E-state index contributed by atoms with van der Waals surface area (Å²) in [6.07, 6.45) is 2.77. The van der Waals surface area contributed by atoms with Gasteiger partial charge in [0.2, 0.25) is 0 Å². The van der Waals surface area contributed by atoms with Crippen molar-refractivity contribution in [3.05, 3.63) is 12.3 Å². The van der Waals surface area contributed by atoms with Crippen molar-refractivity contribution in [3.63, 3.8) is 0 Å². The average molecular weight is 321 g/mol. The van der Waals surface area contributed by atoms with Crippen LogP contribution in [0.5, 0.6) is 0 Å². The van der Waals surface area contributed by atoms with Crippen LogP contribution in [-0.4, -0.2) is 58.3 Å². The highest BCUT2D eigenvalue weighted by molar-refractivity contribution is 5.88. The van der Waals surface area contributed by atoms with Crippen molar-refractivity contribution in [3.8, 4) is 0 Å². The Labute approximate surface area is 139 Å². The molecule has 6 nitrogen and oxygen atoms in total. The zero-order valence-electron chi connectivity index (χ0n) is 15.1. The number of anilines is 1. The normalized spacial score (nSPS) is 22.3. The molecule has 0 unspecified atom stereocenters. The van der Waals surface area contributed by atoms with Gasteiger partial charge in [-0.15, -0.1) is 0 Å². The second-order valence-electron chi connectivity index (χ2n) is 7.06. The fourth-order valence-electron chi connectivity index (χ4n) is 3.36. The number of nitrogens with one attached hydrogen (secondary N) is 1. The molecule has 2 rings (SSSR count). The van der Waals surface area contributed by atoms with Gasteiger partial charge in [-0.05, 0) is 24.8 Å². The van der Waals surface area contributed by atoms with E-state index in [2.05, 4.69) is 43.0 Å². The zero-order valence-corrected chi connectivity index (χ0v) is 15.1. The Bertz CT molecular complexity index is 513. The van der Waals surface area contributed by atoms with Gasteiger partial charge in [-0.3, -0.25) is 5.32 Å². The first kappa shape index (κ1) is 17.8. The zero-order chi connectivity index (χ0) is 17.0. The monoisotopic (exact) mass is 321 g/mol. The maximum Gasteiger partial charge on any atom is 0.323 e. The van der Waals surface area contributed by atoms with Crippen molar-refractivity contribution in [2.75, 3.05) is 32.0 Å². The summed E-state index contributed by atoms with van der Waals surface area (Å²) in [5.41, 5.74) is 0. The molecule has 1 aromatic rings. The molecular formula is C17H31N5O. The molecule has 2 heterocycles. The van der Waals surface area contributed by atoms with Crippen LogP contribution in [0, 0.1) is 11.8 Å². The molecular weight excluding hydrogens is 290 g/mol. The Kier molecular flexibility index (Phi) is 6.04. The number of urea groups is 1. The Morgan fingerprint density at radius 1 is 1.52 bits per heavy atom. The smallest absolute Gasteiger partial charge is 0.323 e. The van der Waals surface area contributed by atoms with Crippen molar-refractivity contribution in [1.29, 1.82) is 0 Å². The first-order valence-electron chi connectivity index (χ1n) is 8.70. The molecule has 0 radical (unpaired) electrons. The van der Waals surface area contributed by atoms with Crippen LogP contribution in [0.4, 0.5) is 10.6 Å². The molecule has 1 aliphatic heterocycles. The first-order chi connectivity index (χ1) is 10.9. The molecule has 0 saturated carbocycles. The van der Waals surface area contributed by atoms with Crippen molar-refractivity contribution in [2.24, 2.45) is 11.8 Å². The third kappa shape index (κ3) is 4.47. The highest BCUT2D eigenvalue weighted by atomic mass is 16.2. The molecule has 2 atom stereocenters. The number of aromatic nitrogens is 2. The highest BCUT2D eigenvalue weighted by Crippen LogP contribution is 2.22. The van der Waals surface area contributed by atoms with Crippen LogP contribution < -0.4 is 5.32 Å². The Morgan fingerprint density at radius 3 is 2.87 bits per heavy atom. The lowest BCUT2D eigenvalue weighted by Crippen LogP contribution is -2.51. The number of carbonyl (C=O) groups excluding carboxylic acids is 1. The molecule has 0 aliphatic carbocycles. The minimum atomic E-state index is -0.0442. The number of likely N-dealkylation sites (tertiary alicyclic amines) is 1. The van der Waals surface area contributed by atoms with Crippen LogP contribution in [0.2, 0.25) is 0 Å². The maximum absolute atomic E-state index is 12.6. The van der Waals surface area contributed by atoms with Crippen molar-refractivity contribution in [2.45, 2.75) is 46.7 Å². The summed E-state index contributed by atoms with van der Waals surface area (Å²) in [6.45, 7) is 12.7. The number of hydrogen-bond donors (Lipinski definition) is 1. The number of amides is 2. The molecule has 23 heavy (non-hydrogen) atoms. The second kappa shape index (κ2) is 7.81. The molecule has 1 aromatic heterocycles. The number of carbonyl (C=O) groups is 1. The summed E-state index contributed by atoms with van der Waals surface area (Å²) in [5, 5.41) is 7.31. The SMILES string of the molecule is CCN1CC[C@@H](N(C)C(=O)Nc2ccnn2CC(C)C)[C@@H](C)C1. The predicted molar refractivity (Wildman–Crippen MR) is 93.5 cm³/mol. The van der Waals surface area contributed by atoms with E-state index in [0.29, 0.717) is 17.9 Å². The third-order valence-electron chi connectivity index (χ3n) is 4.70. The minimum absolute atomic E-state index is 0.0442. The summed E-state index contributed by atoms with van der Waals surface area (Å²) < 4.78 is 1.86. The first-order valence-corrected chi connectivity index (χ1v) is 8.70. The quantitative estimate of drug-likeness (QED) is 0.907. The van der Waals surface area contributed by atoms with Gasteiger partial charge in [0.1, 0.15) is 5.82 Å². The molecule has 6 heteroatoms. The number of rotatable bonds is 5. The van der Waals surface area contributed by atoms with Gasteiger partial charge >= 0.3 is 6.03 Å². The summed E-state index contributed by atoms with van der Waals surface area (Å²) in [5.74, 6) is 1.75. The topological polar surface area (TPSA) is 53.4 Å². The fourth-order valence-corrected chi connectivity index (χ4v) is 3.36. The summed E-state index contributed by atoms with van der Waals surface area (Å²) in [4.78, 5) is 16.9. The summed E-state index contributed by atoms with van der Waals surface area (Å²) >= 11 is 0. The van der Waals surface area contributed by atoms with E-state index in [-0.39, 0.29) is 6.03 Å². The van der Waals surface area contributed by atoms with Gasteiger partial charge in [0.15, 0.2) is 0 Å². The molecule has 0 aromatic carbocycles. The number of nitrogens with zero attached hydrogens (tertiary/aromatic N) is 4. The summed E-state index contributed by atoms with van der Waals surface area (Å²) in [7, 11) is 1.90. The van der Waals surface area contributed by atoms with E-state index < -0.39 is 0 Å². The lowest BCUT2D eigenvalue weighted by atomic mass is 9.93. The van der Waals surface area contributed by atoms with Crippen LogP contribution in [-0.2, 0) is 6.54 Å². The fraction of sp³-hybridized carbons (Fsp3) is 0.765. The van der Waals surface area contributed by atoms with E-state index in [1.165, 1.54) is 0 Å². The third-order valence-corrected chi connectivity index (χ3v) is 4.70. The number of piperidine rings is 1. The van der Waals surface area contributed by atoms with Crippen LogP contribution >= 0.6 is 0 Å². The van der Waals surface area contributed by atoms with Gasteiger partial charge in [0.25, 0.3) is 0 Å². The van der Waals surface area contributed by atoms with E-state index in [1.807, 2.05) is 22.7 Å². The molecule has 1 saturated heterocycles. The largest absolute Gasteiger partial charge is 0.324 e. The van der Waals surface area contributed by atoms with Crippen LogP contribution in [0.1, 0.15) is 34.1 Å². The van der Waals surface area contributed by atoms with E-state index in [1.54, 1.807) is 6.20 Å². The Morgan fingerprint density at radius 2 is 2.26 bits per heavy atom. The molecule has 1 aliphatic rings. The summed E-state index contributed by atoms with van der Waals surface area (Å²) in [6, 6.07) is 2.11. The van der Waals surface area contributed by atoms with Gasteiger partial charge in [-0.2, -0.15) is 5.10 Å². The standard InChI is InChI=1S/C17H31N5O/c1-6-21-10-8-15(14(4)12-21)20(5)17(23)19-16-7-9-18-22(16)11-13(2)3/h7,9,13-15H,6,8,10-12H2,1-5H3,(H,19,23)/t14-,15+/m0/s1. The minimum Gasteiger partial charge on any atom is -0.324 e. The van der Waals surface area contributed by atoms with Gasteiger partial charge in [0.05, 0.1) is 6.20 Å². The number of hydrogen-bond acceptors (Lipinski definition) is 3. The lowest BCUT2D eigenvalue weighted by molar-refractivity contribution is 0.101. The molecule has 2 amide bonds. The Balaban J connectivity index is 1.96. The second-order valence-corrected chi connectivity index (χ2v) is 7.06. The van der Waals surface area contributed by atoms with Crippen molar-refractivity contribution < 1.29 is 4.79 Å².